The van der Waals surface area contributed by atoms with Crippen LogP contribution in [0.3, 0.4) is 0 Å². The number of halogens is 1. The number of nitrogens with two attached hydrogens (primary N) is 1. The molecule has 1 heterocycles. The second kappa shape index (κ2) is 6.68. The average Bonchev–Trinajstić information content (AvgIpc) is 2.42. The van der Waals surface area contributed by atoms with E-state index in [1.807, 2.05) is 30.3 Å². The van der Waals surface area contributed by atoms with E-state index in [0.29, 0.717) is 17.3 Å². The summed E-state index contributed by atoms with van der Waals surface area (Å²) in [5, 5.41) is 1.47. The molecule has 0 spiro atoms. The normalized spacial score (nSPS) is 10.4. The SMILES string of the molecule is CCCOc1cccc(Sc2ccc(Cl)cn2)c1N. The smallest absolute Gasteiger partial charge is 0.143 e. The summed E-state index contributed by atoms with van der Waals surface area (Å²) in [5.74, 6) is 0.723. The maximum atomic E-state index is 6.10. The predicted molar refractivity (Wildman–Crippen MR) is 80.0 cm³/mol. The van der Waals surface area contributed by atoms with Gasteiger partial charge in [-0.2, -0.15) is 0 Å². The first-order chi connectivity index (χ1) is 9.20. The Bertz CT molecular complexity index is 546. The van der Waals surface area contributed by atoms with Gasteiger partial charge < -0.3 is 10.5 Å². The van der Waals surface area contributed by atoms with Crippen LogP contribution < -0.4 is 10.5 Å². The van der Waals surface area contributed by atoms with Crippen molar-refractivity contribution in [2.75, 3.05) is 12.3 Å². The molecule has 0 saturated carbocycles. The van der Waals surface area contributed by atoms with Gasteiger partial charge in [-0.05, 0) is 30.7 Å². The maximum absolute atomic E-state index is 6.10. The van der Waals surface area contributed by atoms with Crippen LogP contribution in [0.1, 0.15) is 13.3 Å². The summed E-state index contributed by atoms with van der Waals surface area (Å²) in [4.78, 5) is 5.17. The molecular weight excluding hydrogens is 280 g/mol. The van der Waals surface area contributed by atoms with Gasteiger partial charge in [-0.15, -0.1) is 0 Å². The highest BCUT2D eigenvalue weighted by atomic mass is 35.5. The molecule has 0 fully saturated rings. The molecule has 0 aliphatic rings. The lowest BCUT2D eigenvalue weighted by Gasteiger charge is -2.11. The number of para-hydroxylation sites is 1. The van der Waals surface area contributed by atoms with E-state index in [-0.39, 0.29) is 0 Å². The van der Waals surface area contributed by atoms with Crippen LogP contribution in [0.5, 0.6) is 5.75 Å². The molecule has 100 valence electrons. The molecule has 0 amide bonds. The van der Waals surface area contributed by atoms with Crippen molar-refractivity contribution in [3.8, 4) is 5.75 Å². The largest absolute Gasteiger partial charge is 0.491 e. The Hall–Kier alpha value is -1.39. The molecule has 3 nitrogen and oxygen atoms in total. The molecule has 1 aromatic heterocycles. The topological polar surface area (TPSA) is 48.1 Å². The van der Waals surface area contributed by atoms with Crippen molar-refractivity contribution >= 4 is 29.1 Å². The van der Waals surface area contributed by atoms with Gasteiger partial charge in [-0.25, -0.2) is 4.98 Å². The summed E-state index contributed by atoms with van der Waals surface area (Å²) in [6.45, 7) is 2.73. The molecule has 0 bridgehead atoms. The molecule has 2 aromatic rings. The highest BCUT2D eigenvalue weighted by Gasteiger charge is 2.08. The van der Waals surface area contributed by atoms with Gasteiger partial charge in [0.25, 0.3) is 0 Å². The Morgan fingerprint density at radius 2 is 2.16 bits per heavy atom. The molecule has 1 aromatic carbocycles. The number of pyridine rings is 1. The fourth-order valence-corrected chi connectivity index (χ4v) is 2.42. The number of ether oxygens (including phenoxy) is 1. The molecule has 0 aliphatic carbocycles. The minimum atomic E-state index is 0.623. The minimum absolute atomic E-state index is 0.623. The van der Waals surface area contributed by atoms with Crippen molar-refractivity contribution in [2.24, 2.45) is 0 Å². The van der Waals surface area contributed by atoms with Crippen LogP contribution in [0.15, 0.2) is 46.5 Å². The van der Waals surface area contributed by atoms with Gasteiger partial charge in [0, 0.05) is 11.1 Å². The molecule has 19 heavy (non-hydrogen) atoms. The third-order valence-electron chi connectivity index (χ3n) is 2.40. The Balaban J connectivity index is 2.18. The highest BCUT2D eigenvalue weighted by Crippen LogP contribution is 2.36. The summed E-state index contributed by atoms with van der Waals surface area (Å²) in [7, 11) is 0. The Morgan fingerprint density at radius 3 is 2.84 bits per heavy atom. The summed E-state index contributed by atoms with van der Waals surface area (Å²) >= 11 is 7.31. The van der Waals surface area contributed by atoms with Crippen molar-refractivity contribution in [1.29, 1.82) is 0 Å². The molecule has 0 saturated heterocycles. The van der Waals surface area contributed by atoms with Crippen LogP contribution in [-0.2, 0) is 0 Å². The molecule has 0 unspecified atom stereocenters. The molecule has 0 atom stereocenters. The third kappa shape index (κ3) is 3.78. The lowest BCUT2D eigenvalue weighted by molar-refractivity contribution is 0.318. The second-order valence-corrected chi connectivity index (χ2v) is 5.43. The Labute approximate surface area is 122 Å². The zero-order valence-electron chi connectivity index (χ0n) is 10.6. The number of rotatable bonds is 5. The van der Waals surface area contributed by atoms with E-state index in [0.717, 1.165) is 22.1 Å². The number of anilines is 1. The number of hydrogen-bond donors (Lipinski definition) is 1. The van der Waals surface area contributed by atoms with E-state index in [1.54, 1.807) is 6.20 Å². The van der Waals surface area contributed by atoms with E-state index >= 15 is 0 Å². The van der Waals surface area contributed by atoms with E-state index in [1.165, 1.54) is 11.8 Å². The zero-order chi connectivity index (χ0) is 13.7. The van der Waals surface area contributed by atoms with Crippen LogP contribution in [0.2, 0.25) is 5.02 Å². The third-order valence-corrected chi connectivity index (χ3v) is 3.65. The molecule has 2 N–H and O–H groups in total. The van der Waals surface area contributed by atoms with Crippen LogP contribution in [0.25, 0.3) is 0 Å². The van der Waals surface area contributed by atoms with E-state index in [4.69, 9.17) is 22.1 Å². The number of aromatic nitrogens is 1. The lowest BCUT2D eigenvalue weighted by Crippen LogP contribution is -2.00. The fourth-order valence-electron chi connectivity index (χ4n) is 1.49. The number of benzene rings is 1. The standard InChI is InChI=1S/C14H15ClN2OS/c1-2-8-18-11-4-3-5-12(14(11)16)19-13-7-6-10(15)9-17-13/h3-7,9H,2,8,16H2,1H3. The molecule has 0 aliphatic heterocycles. The average molecular weight is 295 g/mol. The summed E-state index contributed by atoms with van der Waals surface area (Å²) < 4.78 is 5.60. The number of hydrogen-bond acceptors (Lipinski definition) is 4. The van der Waals surface area contributed by atoms with E-state index in [2.05, 4.69) is 11.9 Å². The maximum Gasteiger partial charge on any atom is 0.143 e. The number of nitrogens with zero attached hydrogens (tertiary/aromatic N) is 1. The second-order valence-electron chi connectivity index (χ2n) is 3.93. The van der Waals surface area contributed by atoms with Gasteiger partial charge >= 0.3 is 0 Å². The van der Waals surface area contributed by atoms with Gasteiger partial charge in [0.15, 0.2) is 0 Å². The molecule has 0 radical (unpaired) electrons. The summed E-state index contributed by atoms with van der Waals surface area (Å²) in [6.07, 6.45) is 2.58. The fraction of sp³-hybridized carbons (Fsp3) is 0.214. The van der Waals surface area contributed by atoms with E-state index in [9.17, 15) is 0 Å². The van der Waals surface area contributed by atoms with Crippen molar-refractivity contribution in [1.82, 2.24) is 4.98 Å². The summed E-state index contributed by atoms with van der Waals surface area (Å²) in [6, 6.07) is 9.44. The molecular formula is C14H15ClN2OS. The highest BCUT2D eigenvalue weighted by molar-refractivity contribution is 7.99. The first-order valence-corrected chi connectivity index (χ1v) is 7.21. The quantitative estimate of drug-likeness (QED) is 0.837. The monoisotopic (exact) mass is 294 g/mol. The first kappa shape index (κ1) is 14.0. The van der Waals surface area contributed by atoms with Gasteiger partial charge in [-0.3, -0.25) is 0 Å². The van der Waals surface area contributed by atoms with Crippen molar-refractivity contribution in [3.63, 3.8) is 0 Å². The Morgan fingerprint density at radius 1 is 1.32 bits per heavy atom. The van der Waals surface area contributed by atoms with Gasteiger partial charge in [0.05, 0.1) is 17.3 Å². The van der Waals surface area contributed by atoms with Gasteiger partial charge in [0.2, 0.25) is 0 Å². The molecule has 2 rings (SSSR count). The molecule has 5 heteroatoms. The van der Waals surface area contributed by atoms with Gasteiger partial charge in [0.1, 0.15) is 10.8 Å². The van der Waals surface area contributed by atoms with Crippen LogP contribution >= 0.6 is 23.4 Å². The van der Waals surface area contributed by atoms with Crippen molar-refractivity contribution < 1.29 is 4.74 Å². The predicted octanol–water partition coefficient (Wildman–Crippen LogP) is 4.26. The van der Waals surface area contributed by atoms with Crippen molar-refractivity contribution in [3.05, 3.63) is 41.6 Å². The minimum Gasteiger partial charge on any atom is -0.491 e. The van der Waals surface area contributed by atoms with Crippen LogP contribution in [0.4, 0.5) is 5.69 Å². The Kier molecular flexibility index (Phi) is 4.93. The van der Waals surface area contributed by atoms with Crippen LogP contribution in [-0.4, -0.2) is 11.6 Å². The lowest BCUT2D eigenvalue weighted by atomic mass is 10.3. The van der Waals surface area contributed by atoms with Gasteiger partial charge in [-0.1, -0.05) is 36.4 Å². The summed E-state index contributed by atoms with van der Waals surface area (Å²) in [5.41, 5.74) is 6.75. The van der Waals surface area contributed by atoms with Crippen LogP contribution in [0, 0.1) is 0 Å². The zero-order valence-corrected chi connectivity index (χ0v) is 12.2. The van der Waals surface area contributed by atoms with E-state index < -0.39 is 0 Å². The first-order valence-electron chi connectivity index (χ1n) is 6.01. The van der Waals surface area contributed by atoms with Crippen molar-refractivity contribution in [2.45, 2.75) is 23.3 Å². The number of nitrogen functional groups attached to an aromatic ring is 1.